The van der Waals surface area contributed by atoms with Crippen molar-refractivity contribution in [2.24, 2.45) is 5.84 Å². The molecule has 0 atom stereocenters. The van der Waals surface area contributed by atoms with Crippen LogP contribution in [0, 0.1) is 0 Å². The predicted molar refractivity (Wildman–Crippen MR) is 82.1 cm³/mol. The second-order valence-electron chi connectivity index (χ2n) is 6.38. The molecule has 6 nitrogen and oxygen atoms in total. The summed E-state index contributed by atoms with van der Waals surface area (Å²) in [4.78, 5) is 16.8. The Balaban J connectivity index is 2.19. The number of nitrogens with zero attached hydrogens (tertiary/aromatic N) is 1. The zero-order valence-corrected chi connectivity index (χ0v) is 12.9. The Bertz CT molecular complexity index is 505. The van der Waals surface area contributed by atoms with Crippen molar-refractivity contribution in [2.45, 2.75) is 45.1 Å². The molecular formula is C15H24N4O2. The van der Waals surface area contributed by atoms with Crippen LogP contribution in [0.3, 0.4) is 0 Å². The molecule has 0 aliphatic carbocycles. The number of hydrogen-bond donors (Lipinski definition) is 3. The van der Waals surface area contributed by atoms with Gasteiger partial charge in [-0.25, -0.2) is 10.8 Å². The second-order valence-corrected chi connectivity index (χ2v) is 6.38. The molecule has 1 aromatic rings. The maximum atomic E-state index is 12.4. The summed E-state index contributed by atoms with van der Waals surface area (Å²) in [5.41, 5.74) is 3.78. The molecule has 0 bridgehead atoms. The van der Waals surface area contributed by atoms with Crippen LogP contribution in [0.1, 0.15) is 49.7 Å². The molecule has 0 unspecified atom stereocenters. The Morgan fingerprint density at radius 2 is 2.00 bits per heavy atom. The van der Waals surface area contributed by atoms with E-state index in [1.165, 1.54) is 0 Å². The van der Waals surface area contributed by atoms with E-state index in [2.05, 4.69) is 36.5 Å². The monoisotopic (exact) mass is 292 g/mol. The van der Waals surface area contributed by atoms with Crippen molar-refractivity contribution in [1.82, 2.24) is 10.3 Å². The van der Waals surface area contributed by atoms with E-state index < -0.39 is 0 Å². The molecule has 1 aliphatic rings. The first-order chi connectivity index (χ1) is 9.90. The summed E-state index contributed by atoms with van der Waals surface area (Å²) >= 11 is 0. The van der Waals surface area contributed by atoms with Gasteiger partial charge < -0.3 is 15.5 Å². The number of pyridine rings is 1. The number of aromatic nitrogens is 1. The van der Waals surface area contributed by atoms with Gasteiger partial charge in [-0.15, -0.1) is 0 Å². The van der Waals surface area contributed by atoms with E-state index in [0.717, 1.165) is 18.5 Å². The highest BCUT2D eigenvalue weighted by Gasteiger charge is 2.21. The Hall–Kier alpha value is -1.66. The third-order valence-corrected chi connectivity index (χ3v) is 3.56. The molecule has 2 rings (SSSR count). The first kappa shape index (κ1) is 15.7. The number of anilines is 1. The van der Waals surface area contributed by atoms with E-state index in [9.17, 15) is 4.79 Å². The van der Waals surface area contributed by atoms with Gasteiger partial charge in [0, 0.05) is 35.9 Å². The largest absolute Gasteiger partial charge is 0.381 e. The average molecular weight is 292 g/mol. The molecule has 1 fully saturated rings. The fourth-order valence-corrected chi connectivity index (χ4v) is 2.23. The summed E-state index contributed by atoms with van der Waals surface area (Å²) in [6.07, 6.45) is 1.70. The van der Waals surface area contributed by atoms with E-state index in [0.29, 0.717) is 24.6 Å². The number of amides is 1. The summed E-state index contributed by atoms with van der Waals surface area (Å²) in [6, 6.07) is 3.67. The molecule has 0 spiro atoms. The Kier molecular flexibility index (Phi) is 4.80. The standard InChI is InChI=1S/C15H24N4O2/c1-15(2,3)12-8-10(9-13(18-12)19-16)14(20)17-11-4-6-21-7-5-11/h8-9,11H,4-7,16H2,1-3H3,(H,17,20)(H,18,19). The SMILES string of the molecule is CC(C)(C)c1cc(C(=O)NC2CCOCC2)cc(NN)n1. The van der Waals surface area contributed by atoms with Gasteiger partial charge in [0.2, 0.25) is 0 Å². The smallest absolute Gasteiger partial charge is 0.251 e. The molecule has 1 aromatic heterocycles. The van der Waals surface area contributed by atoms with E-state index in [1.54, 1.807) is 6.07 Å². The van der Waals surface area contributed by atoms with Gasteiger partial charge in [-0.2, -0.15) is 0 Å². The van der Waals surface area contributed by atoms with Crippen LogP contribution in [0.2, 0.25) is 0 Å². The third-order valence-electron chi connectivity index (χ3n) is 3.56. The zero-order valence-electron chi connectivity index (χ0n) is 12.9. The maximum Gasteiger partial charge on any atom is 0.251 e. The summed E-state index contributed by atoms with van der Waals surface area (Å²) in [6.45, 7) is 7.55. The van der Waals surface area contributed by atoms with Crippen LogP contribution in [-0.4, -0.2) is 30.1 Å². The number of hydrogen-bond acceptors (Lipinski definition) is 5. The summed E-state index contributed by atoms with van der Waals surface area (Å²) in [5.74, 6) is 5.86. The van der Waals surface area contributed by atoms with Crippen molar-refractivity contribution >= 4 is 11.7 Å². The van der Waals surface area contributed by atoms with Crippen LogP contribution >= 0.6 is 0 Å². The Morgan fingerprint density at radius 3 is 2.57 bits per heavy atom. The first-order valence-corrected chi connectivity index (χ1v) is 7.28. The second kappa shape index (κ2) is 6.41. The molecule has 0 aromatic carbocycles. The number of nitrogens with two attached hydrogens (primary N) is 1. The van der Waals surface area contributed by atoms with Crippen molar-refractivity contribution < 1.29 is 9.53 Å². The van der Waals surface area contributed by atoms with Crippen molar-refractivity contribution in [3.8, 4) is 0 Å². The lowest BCUT2D eigenvalue weighted by atomic mass is 9.90. The van der Waals surface area contributed by atoms with Gasteiger partial charge in [0.25, 0.3) is 5.91 Å². The Morgan fingerprint density at radius 1 is 1.33 bits per heavy atom. The predicted octanol–water partition coefficient (Wildman–Crippen LogP) is 1.57. The summed E-state index contributed by atoms with van der Waals surface area (Å²) in [5, 5.41) is 3.05. The molecule has 1 amide bonds. The first-order valence-electron chi connectivity index (χ1n) is 7.28. The van der Waals surface area contributed by atoms with Crippen LogP contribution in [0.5, 0.6) is 0 Å². The molecule has 21 heavy (non-hydrogen) atoms. The normalized spacial score (nSPS) is 16.6. The minimum atomic E-state index is -0.152. The van der Waals surface area contributed by atoms with E-state index in [-0.39, 0.29) is 17.4 Å². The van der Waals surface area contributed by atoms with Crippen molar-refractivity contribution in [3.05, 3.63) is 23.4 Å². The maximum absolute atomic E-state index is 12.4. The zero-order chi connectivity index (χ0) is 15.5. The highest BCUT2D eigenvalue weighted by atomic mass is 16.5. The highest BCUT2D eigenvalue weighted by Crippen LogP contribution is 2.23. The van der Waals surface area contributed by atoms with Gasteiger partial charge in [0.15, 0.2) is 0 Å². The minimum Gasteiger partial charge on any atom is -0.381 e. The summed E-state index contributed by atoms with van der Waals surface area (Å²) < 4.78 is 5.30. The van der Waals surface area contributed by atoms with Gasteiger partial charge in [-0.1, -0.05) is 20.8 Å². The third kappa shape index (κ3) is 4.15. The number of carbonyl (C=O) groups is 1. The van der Waals surface area contributed by atoms with Crippen LogP contribution in [0.25, 0.3) is 0 Å². The van der Waals surface area contributed by atoms with Gasteiger partial charge >= 0.3 is 0 Å². The molecule has 6 heteroatoms. The van der Waals surface area contributed by atoms with Crippen molar-refractivity contribution in [1.29, 1.82) is 0 Å². The fraction of sp³-hybridized carbons (Fsp3) is 0.600. The average Bonchev–Trinajstić information content (AvgIpc) is 2.46. The van der Waals surface area contributed by atoms with Gasteiger partial charge in [-0.3, -0.25) is 4.79 Å². The van der Waals surface area contributed by atoms with E-state index in [4.69, 9.17) is 10.6 Å². The number of rotatable bonds is 3. The molecule has 116 valence electrons. The molecule has 1 saturated heterocycles. The minimum absolute atomic E-state index is 0.0914. The summed E-state index contributed by atoms with van der Waals surface area (Å²) in [7, 11) is 0. The lowest BCUT2D eigenvalue weighted by Crippen LogP contribution is -2.39. The fourth-order valence-electron chi connectivity index (χ4n) is 2.23. The number of hydrazine groups is 1. The van der Waals surface area contributed by atoms with E-state index in [1.807, 2.05) is 6.07 Å². The van der Waals surface area contributed by atoms with Crippen molar-refractivity contribution in [3.63, 3.8) is 0 Å². The molecular weight excluding hydrogens is 268 g/mol. The highest BCUT2D eigenvalue weighted by molar-refractivity contribution is 5.95. The molecule has 4 N–H and O–H groups in total. The van der Waals surface area contributed by atoms with Crippen molar-refractivity contribution in [2.75, 3.05) is 18.6 Å². The van der Waals surface area contributed by atoms with Crippen LogP contribution in [0.4, 0.5) is 5.82 Å². The number of ether oxygens (including phenoxy) is 1. The Labute approximate surface area is 125 Å². The number of nitrogens with one attached hydrogen (secondary N) is 2. The topological polar surface area (TPSA) is 89.3 Å². The lowest BCUT2D eigenvalue weighted by Gasteiger charge is -2.24. The molecule has 2 heterocycles. The van der Waals surface area contributed by atoms with Crippen LogP contribution in [0.15, 0.2) is 12.1 Å². The van der Waals surface area contributed by atoms with Gasteiger partial charge in [-0.05, 0) is 25.0 Å². The molecule has 0 radical (unpaired) electrons. The van der Waals surface area contributed by atoms with E-state index >= 15 is 0 Å². The van der Waals surface area contributed by atoms with Gasteiger partial charge in [0.1, 0.15) is 5.82 Å². The number of nitrogen functional groups attached to an aromatic ring is 1. The quantitative estimate of drug-likeness (QED) is 0.581. The van der Waals surface area contributed by atoms with Crippen LogP contribution in [-0.2, 0) is 10.2 Å². The number of carbonyl (C=O) groups excluding carboxylic acids is 1. The van der Waals surface area contributed by atoms with Crippen LogP contribution < -0.4 is 16.6 Å². The lowest BCUT2D eigenvalue weighted by molar-refractivity contribution is 0.0696. The van der Waals surface area contributed by atoms with Gasteiger partial charge in [0.05, 0.1) is 0 Å². The molecule has 1 aliphatic heterocycles. The molecule has 0 saturated carbocycles.